The zero-order chi connectivity index (χ0) is 14.8. The van der Waals surface area contributed by atoms with E-state index in [0.717, 1.165) is 10.9 Å². The summed E-state index contributed by atoms with van der Waals surface area (Å²) >= 11 is 0. The van der Waals surface area contributed by atoms with Crippen LogP contribution in [-0.4, -0.2) is 17.9 Å². The minimum Gasteiger partial charge on any atom is -0.451 e. The van der Waals surface area contributed by atoms with Crippen LogP contribution in [0.1, 0.15) is 16.1 Å². The summed E-state index contributed by atoms with van der Waals surface area (Å²) in [6.45, 7) is 0.399. The van der Waals surface area contributed by atoms with Gasteiger partial charge in [0.25, 0.3) is 5.91 Å². The second kappa shape index (κ2) is 5.40. The zero-order valence-corrected chi connectivity index (χ0v) is 11.5. The lowest BCUT2D eigenvalue weighted by Crippen LogP contribution is -2.25. The molecule has 0 aliphatic carbocycles. The Bertz CT molecular complexity index is 744. The number of fused-ring (bicyclic) bond motifs is 1. The molecule has 1 amide bonds. The van der Waals surface area contributed by atoms with Gasteiger partial charge in [-0.05, 0) is 29.8 Å². The van der Waals surface area contributed by atoms with Crippen LogP contribution in [0.3, 0.4) is 0 Å². The molecule has 0 aliphatic heterocycles. The van der Waals surface area contributed by atoms with Gasteiger partial charge in [0, 0.05) is 19.0 Å². The Morgan fingerprint density at radius 3 is 2.57 bits per heavy atom. The van der Waals surface area contributed by atoms with Gasteiger partial charge in [-0.2, -0.15) is 0 Å². The average Bonchev–Trinajstić information content (AvgIpc) is 2.92. The van der Waals surface area contributed by atoms with Crippen LogP contribution < -0.4 is 0 Å². The van der Waals surface area contributed by atoms with Crippen molar-refractivity contribution in [2.75, 3.05) is 7.05 Å². The normalized spacial score (nSPS) is 10.8. The maximum absolute atomic E-state index is 12.9. The molecule has 1 heterocycles. The first-order valence-electron chi connectivity index (χ1n) is 6.62. The van der Waals surface area contributed by atoms with Crippen LogP contribution in [0, 0.1) is 5.82 Å². The summed E-state index contributed by atoms with van der Waals surface area (Å²) in [7, 11) is 1.69. The first-order valence-corrected chi connectivity index (χ1v) is 6.62. The molecule has 3 rings (SSSR count). The minimum absolute atomic E-state index is 0.199. The number of hydrogen-bond donors (Lipinski definition) is 0. The Kier molecular flexibility index (Phi) is 3.44. The Balaban J connectivity index is 1.78. The highest BCUT2D eigenvalue weighted by Crippen LogP contribution is 2.20. The van der Waals surface area contributed by atoms with Crippen molar-refractivity contribution in [1.29, 1.82) is 0 Å². The lowest BCUT2D eigenvalue weighted by molar-refractivity contribution is 0.0756. The van der Waals surface area contributed by atoms with Gasteiger partial charge in [0.2, 0.25) is 0 Å². The van der Waals surface area contributed by atoms with Crippen LogP contribution >= 0.6 is 0 Å². The van der Waals surface area contributed by atoms with Crippen LogP contribution in [0.15, 0.2) is 59.0 Å². The number of para-hydroxylation sites is 1. The highest BCUT2D eigenvalue weighted by atomic mass is 19.1. The fraction of sp³-hybridized carbons (Fsp3) is 0.118. The van der Waals surface area contributed by atoms with E-state index < -0.39 is 0 Å². The summed E-state index contributed by atoms with van der Waals surface area (Å²) in [5.41, 5.74) is 1.55. The third kappa shape index (κ3) is 2.79. The predicted molar refractivity (Wildman–Crippen MR) is 78.4 cm³/mol. The van der Waals surface area contributed by atoms with Gasteiger partial charge in [0.15, 0.2) is 5.76 Å². The lowest BCUT2D eigenvalue weighted by Gasteiger charge is -2.15. The van der Waals surface area contributed by atoms with Crippen molar-refractivity contribution >= 4 is 16.9 Å². The van der Waals surface area contributed by atoms with Gasteiger partial charge in [0.05, 0.1) is 0 Å². The topological polar surface area (TPSA) is 33.5 Å². The van der Waals surface area contributed by atoms with Crippen molar-refractivity contribution < 1.29 is 13.6 Å². The molecule has 1 aromatic heterocycles. The summed E-state index contributed by atoms with van der Waals surface area (Å²) in [6.07, 6.45) is 0. The number of nitrogens with zero attached hydrogens (tertiary/aromatic N) is 1. The molecule has 0 saturated carbocycles. The highest BCUT2D eigenvalue weighted by Gasteiger charge is 2.16. The van der Waals surface area contributed by atoms with Gasteiger partial charge >= 0.3 is 0 Å². The molecule has 4 heteroatoms. The van der Waals surface area contributed by atoms with Crippen molar-refractivity contribution in [3.05, 3.63) is 71.7 Å². The van der Waals surface area contributed by atoms with Crippen LogP contribution in [0.5, 0.6) is 0 Å². The van der Waals surface area contributed by atoms with E-state index in [-0.39, 0.29) is 11.7 Å². The second-order valence-corrected chi connectivity index (χ2v) is 4.94. The van der Waals surface area contributed by atoms with Gasteiger partial charge < -0.3 is 9.32 Å². The van der Waals surface area contributed by atoms with Crippen molar-refractivity contribution in [2.45, 2.75) is 6.54 Å². The fourth-order valence-corrected chi connectivity index (χ4v) is 2.21. The number of carbonyl (C=O) groups is 1. The lowest BCUT2D eigenvalue weighted by atomic mass is 10.2. The van der Waals surface area contributed by atoms with E-state index in [2.05, 4.69) is 0 Å². The van der Waals surface area contributed by atoms with E-state index in [1.807, 2.05) is 24.3 Å². The van der Waals surface area contributed by atoms with E-state index in [9.17, 15) is 9.18 Å². The molecule has 0 radical (unpaired) electrons. The molecule has 3 aromatic rings. The molecule has 0 atom stereocenters. The number of furan rings is 1. The van der Waals surface area contributed by atoms with E-state index in [1.165, 1.54) is 12.1 Å². The zero-order valence-electron chi connectivity index (χ0n) is 11.5. The van der Waals surface area contributed by atoms with Gasteiger partial charge in [0.1, 0.15) is 11.4 Å². The Hall–Kier alpha value is -2.62. The maximum atomic E-state index is 12.9. The van der Waals surface area contributed by atoms with Gasteiger partial charge in [-0.1, -0.05) is 30.3 Å². The van der Waals surface area contributed by atoms with Crippen molar-refractivity contribution in [1.82, 2.24) is 4.90 Å². The highest BCUT2D eigenvalue weighted by molar-refractivity contribution is 5.95. The van der Waals surface area contributed by atoms with E-state index in [0.29, 0.717) is 17.9 Å². The standard InChI is InChI=1S/C17H14FNO2/c1-19(11-12-6-8-14(18)9-7-12)17(20)16-10-13-4-2-3-5-15(13)21-16/h2-10H,11H2,1H3. The van der Waals surface area contributed by atoms with E-state index in [4.69, 9.17) is 4.42 Å². The van der Waals surface area contributed by atoms with Gasteiger partial charge in [-0.15, -0.1) is 0 Å². The summed E-state index contributed by atoms with van der Waals surface area (Å²) in [5.74, 6) is -0.179. The minimum atomic E-state index is -0.287. The average molecular weight is 283 g/mol. The van der Waals surface area contributed by atoms with Crippen LogP contribution in [-0.2, 0) is 6.54 Å². The molecule has 0 N–H and O–H groups in total. The number of amides is 1. The number of carbonyl (C=O) groups excluding carboxylic acids is 1. The van der Waals surface area contributed by atoms with Crippen molar-refractivity contribution in [3.63, 3.8) is 0 Å². The maximum Gasteiger partial charge on any atom is 0.289 e. The molecule has 0 fully saturated rings. The van der Waals surface area contributed by atoms with Crippen LogP contribution in [0.25, 0.3) is 11.0 Å². The van der Waals surface area contributed by atoms with Gasteiger partial charge in [-0.25, -0.2) is 4.39 Å². The third-order valence-electron chi connectivity index (χ3n) is 3.32. The van der Waals surface area contributed by atoms with Crippen molar-refractivity contribution in [3.8, 4) is 0 Å². The quantitative estimate of drug-likeness (QED) is 0.731. The largest absolute Gasteiger partial charge is 0.451 e. The molecular weight excluding hydrogens is 269 g/mol. The monoisotopic (exact) mass is 283 g/mol. The first kappa shape index (κ1) is 13.4. The Morgan fingerprint density at radius 2 is 1.86 bits per heavy atom. The molecular formula is C17H14FNO2. The number of halogens is 1. The number of benzene rings is 2. The summed E-state index contributed by atoms with van der Waals surface area (Å²) in [6, 6.07) is 15.3. The van der Waals surface area contributed by atoms with E-state index in [1.54, 1.807) is 30.1 Å². The van der Waals surface area contributed by atoms with Crippen LogP contribution in [0.2, 0.25) is 0 Å². The Labute approximate surface area is 121 Å². The van der Waals surface area contributed by atoms with Crippen LogP contribution in [0.4, 0.5) is 4.39 Å². The smallest absolute Gasteiger partial charge is 0.289 e. The Morgan fingerprint density at radius 1 is 1.14 bits per heavy atom. The molecule has 0 saturated heterocycles. The second-order valence-electron chi connectivity index (χ2n) is 4.94. The summed E-state index contributed by atoms with van der Waals surface area (Å²) in [5, 5.41) is 0.899. The number of rotatable bonds is 3. The summed E-state index contributed by atoms with van der Waals surface area (Å²) < 4.78 is 18.4. The molecule has 2 aromatic carbocycles. The number of hydrogen-bond acceptors (Lipinski definition) is 2. The molecule has 21 heavy (non-hydrogen) atoms. The van der Waals surface area contributed by atoms with Gasteiger partial charge in [-0.3, -0.25) is 4.79 Å². The molecule has 106 valence electrons. The fourth-order valence-electron chi connectivity index (χ4n) is 2.21. The molecule has 0 bridgehead atoms. The van der Waals surface area contributed by atoms with E-state index >= 15 is 0 Å². The SMILES string of the molecule is CN(Cc1ccc(F)cc1)C(=O)c1cc2ccccc2o1. The third-order valence-corrected chi connectivity index (χ3v) is 3.32. The molecule has 0 aliphatic rings. The summed E-state index contributed by atoms with van der Waals surface area (Å²) in [4.78, 5) is 13.9. The molecule has 0 unspecified atom stereocenters. The molecule has 0 spiro atoms. The predicted octanol–water partition coefficient (Wildman–Crippen LogP) is 3.84. The van der Waals surface area contributed by atoms with Crippen molar-refractivity contribution in [2.24, 2.45) is 0 Å². The molecule has 3 nitrogen and oxygen atoms in total. The first-order chi connectivity index (χ1) is 10.1.